The monoisotopic (exact) mass is 432 g/mol. The van der Waals surface area contributed by atoms with Crippen molar-refractivity contribution in [1.82, 2.24) is 9.62 Å². The van der Waals surface area contributed by atoms with Gasteiger partial charge in [-0.2, -0.15) is 4.72 Å². The molecule has 158 valence electrons. The Labute approximate surface area is 172 Å². The SMILES string of the molecule is CC(=O)Nc1ccc(S(=O)(=O)NC(C)C(=O)N2CCCCC2C(C)N)cc1.Cl. The average Bonchev–Trinajstić information content (AvgIpc) is 2.60. The number of anilines is 1. The lowest BCUT2D eigenvalue weighted by Crippen LogP contribution is -2.56. The molecule has 1 aromatic rings. The second-order valence-electron chi connectivity index (χ2n) is 7.00. The molecule has 0 saturated carbocycles. The first-order valence-corrected chi connectivity index (χ1v) is 10.6. The van der Waals surface area contributed by atoms with E-state index in [0.717, 1.165) is 19.3 Å². The Morgan fingerprint density at radius 3 is 2.32 bits per heavy atom. The molecule has 0 aliphatic carbocycles. The number of nitrogens with one attached hydrogen (secondary N) is 2. The number of rotatable bonds is 6. The standard InChI is InChI=1S/C18H28N4O4S.ClH/c1-12(19)17-6-4-5-11-22(17)18(24)13(2)21-27(25,26)16-9-7-15(8-10-16)20-14(3)23;/h7-10,12-13,17,21H,4-6,11,19H2,1-3H3,(H,20,23);1H. The fourth-order valence-corrected chi connectivity index (χ4v) is 4.49. The molecule has 1 fully saturated rings. The molecular weight excluding hydrogens is 404 g/mol. The zero-order valence-electron chi connectivity index (χ0n) is 16.3. The van der Waals surface area contributed by atoms with Crippen LogP contribution in [0.1, 0.15) is 40.0 Å². The third-order valence-electron chi connectivity index (χ3n) is 4.63. The van der Waals surface area contributed by atoms with E-state index in [0.29, 0.717) is 12.2 Å². The molecule has 0 spiro atoms. The smallest absolute Gasteiger partial charge is 0.241 e. The lowest BCUT2D eigenvalue weighted by atomic mass is 9.96. The summed E-state index contributed by atoms with van der Waals surface area (Å²) in [5.41, 5.74) is 6.50. The van der Waals surface area contributed by atoms with E-state index in [2.05, 4.69) is 10.0 Å². The van der Waals surface area contributed by atoms with Crippen LogP contribution >= 0.6 is 12.4 Å². The van der Waals surface area contributed by atoms with Crippen molar-refractivity contribution in [2.45, 2.75) is 63.1 Å². The maximum atomic E-state index is 12.8. The fraction of sp³-hybridized carbons (Fsp3) is 0.556. The molecule has 2 rings (SSSR count). The van der Waals surface area contributed by atoms with Crippen LogP contribution in [0.15, 0.2) is 29.2 Å². The normalized spacial score (nSPS) is 19.3. The fourth-order valence-electron chi connectivity index (χ4n) is 3.30. The molecule has 10 heteroatoms. The number of sulfonamides is 1. The second kappa shape index (κ2) is 10.2. The Kier molecular flexibility index (Phi) is 8.87. The third-order valence-corrected chi connectivity index (χ3v) is 6.18. The van der Waals surface area contributed by atoms with E-state index in [9.17, 15) is 18.0 Å². The number of piperidine rings is 1. The van der Waals surface area contributed by atoms with Gasteiger partial charge in [-0.15, -0.1) is 12.4 Å². The number of halogens is 1. The van der Waals surface area contributed by atoms with Crippen molar-refractivity contribution in [2.24, 2.45) is 5.73 Å². The number of nitrogens with two attached hydrogens (primary N) is 1. The summed E-state index contributed by atoms with van der Waals surface area (Å²) < 4.78 is 27.6. The van der Waals surface area contributed by atoms with Gasteiger partial charge in [0.15, 0.2) is 0 Å². The molecule has 2 amide bonds. The summed E-state index contributed by atoms with van der Waals surface area (Å²) in [6, 6.07) is 4.63. The Bertz CT molecular complexity index is 783. The first-order valence-electron chi connectivity index (χ1n) is 9.08. The van der Waals surface area contributed by atoms with Gasteiger partial charge in [-0.1, -0.05) is 0 Å². The summed E-state index contributed by atoms with van der Waals surface area (Å²) in [4.78, 5) is 25.6. The number of benzene rings is 1. The number of likely N-dealkylation sites (tertiary alicyclic amines) is 1. The van der Waals surface area contributed by atoms with Crippen molar-refractivity contribution in [2.75, 3.05) is 11.9 Å². The molecule has 3 atom stereocenters. The molecule has 4 N–H and O–H groups in total. The Morgan fingerprint density at radius 2 is 1.79 bits per heavy atom. The van der Waals surface area contributed by atoms with Crippen LogP contribution in [0.25, 0.3) is 0 Å². The van der Waals surface area contributed by atoms with Gasteiger partial charge in [-0.3, -0.25) is 9.59 Å². The number of amides is 2. The predicted molar refractivity (Wildman–Crippen MR) is 111 cm³/mol. The first-order chi connectivity index (χ1) is 12.6. The van der Waals surface area contributed by atoms with E-state index in [1.807, 2.05) is 6.92 Å². The Balaban J connectivity index is 0.00000392. The van der Waals surface area contributed by atoms with E-state index in [1.165, 1.54) is 31.2 Å². The summed E-state index contributed by atoms with van der Waals surface area (Å²) in [7, 11) is -3.87. The maximum Gasteiger partial charge on any atom is 0.241 e. The molecule has 1 heterocycles. The lowest BCUT2D eigenvalue weighted by Gasteiger charge is -2.39. The summed E-state index contributed by atoms with van der Waals surface area (Å²) in [5.74, 6) is -0.511. The van der Waals surface area contributed by atoms with Crippen LogP contribution in [0.3, 0.4) is 0 Å². The van der Waals surface area contributed by atoms with E-state index in [-0.39, 0.29) is 41.2 Å². The summed E-state index contributed by atoms with van der Waals surface area (Å²) >= 11 is 0. The van der Waals surface area contributed by atoms with Crippen molar-refractivity contribution >= 4 is 39.9 Å². The number of hydrogen-bond donors (Lipinski definition) is 3. The molecule has 1 aromatic carbocycles. The van der Waals surface area contributed by atoms with Gasteiger partial charge in [0.25, 0.3) is 0 Å². The second-order valence-corrected chi connectivity index (χ2v) is 8.72. The zero-order chi connectivity index (χ0) is 20.2. The molecule has 8 nitrogen and oxygen atoms in total. The minimum atomic E-state index is -3.87. The molecule has 1 aliphatic heterocycles. The highest BCUT2D eigenvalue weighted by atomic mass is 35.5. The molecule has 1 saturated heterocycles. The van der Waals surface area contributed by atoms with Gasteiger partial charge >= 0.3 is 0 Å². The highest BCUT2D eigenvalue weighted by molar-refractivity contribution is 7.89. The van der Waals surface area contributed by atoms with Crippen molar-refractivity contribution in [3.63, 3.8) is 0 Å². The molecule has 0 aromatic heterocycles. The maximum absolute atomic E-state index is 12.8. The van der Waals surface area contributed by atoms with Crippen molar-refractivity contribution < 1.29 is 18.0 Å². The highest BCUT2D eigenvalue weighted by Gasteiger charge is 2.33. The van der Waals surface area contributed by atoms with Gasteiger partial charge in [-0.05, 0) is 57.4 Å². The van der Waals surface area contributed by atoms with Crippen LogP contribution in [0.2, 0.25) is 0 Å². The highest BCUT2D eigenvalue weighted by Crippen LogP contribution is 2.21. The van der Waals surface area contributed by atoms with Crippen LogP contribution in [-0.4, -0.2) is 49.8 Å². The summed E-state index contributed by atoms with van der Waals surface area (Å²) in [6.07, 6.45) is 2.73. The van der Waals surface area contributed by atoms with Gasteiger partial charge in [0.2, 0.25) is 21.8 Å². The van der Waals surface area contributed by atoms with Crippen LogP contribution in [0.5, 0.6) is 0 Å². The Hall–Kier alpha value is -1.68. The number of nitrogens with zero attached hydrogens (tertiary/aromatic N) is 1. The summed E-state index contributed by atoms with van der Waals surface area (Å²) in [6.45, 7) is 5.36. The third kappa shape index (κ3) is 6.16. The van der Waals surface area contributed by atoms with Gasteiger partial charge in [0.1, 0.15) is 0 Å². The topological polar surface area (TPSA) is 122 Å². The van der Waals surface area contributed by atoms with E-state index in [1.54, 1.807) is 11.8 Å². The van der Waals surface area contributed by atoms with Crippen LogP contribution in [0.4, 0.5) is 5.69 Å². The van der Waals surface area contributed by atoms with E-state index < -0.39 is 16.1 Å². The van der Waals surface area contributed by atoms with Crippen LogP contribution in [0, 0.1) is 0 Å². The molecule has 0 radical (unpaired) electrons. The average molecular weight is 433 g/mol. The van der Waals surface area contributed by atoms with Crippen molar-refractivity contribution in [1.29, 1.82) is 0 Å². The van der Waals surface area contributed by atoms with Crippen LogP contribution < -0.4 is 15.8 Å². The van der Waals surface area contributed by atoms with Gasteiger partial charge in [0.05, 0.1) is 10.9 Å². The molecule has 0 bridgehead atoms. The number of carbonyl (C=O) groups is 2. The van der Waals surface area contributed by atoms with Crippen LogP contribution in [-0.2, 0) is 19.6 Å². The lowest BCUT2D eigenvalue weighted by molar-refractivity contribution is -0.136. The van der Waals surface area contributed by atoms with E-state index >= 15 is 0 Å². The number of carbonyl (C=O) groups excluding carboxylic acids is 2. The minimum Gasteiger partial charge on any atom is -0.337 e. The molecule has 1 aliphatic rings. The largest absolute Gasteiger partial charge is 0.337 e. The first kappa shape index (κ1) is 24.4. The molecular formula is C18H29ClN4O4S. The predicted octanol–water partition coefficient (Wildman–Crippen LogP) is 1.46. The van der Waals surface area contributed by atoms with E-state index in [4.69, 9.17) is 5.73 Å². The quantitative estimate of drug-likeness (QED) is 0.628. The van der Waals surface area contributed by atoms with Gasteiger partial charge in [0, 0.05) is 31.2 Å². The van der Waals surface area contributed by atoms with Gasteiger partial charge < -0.3 is 16.0 Å². The van der Waals surface area contributed by atoms with Crippen molar-refractivity contribution in [3.8, 4) is 0 Å². The molecule has 28 heavy (non-hydrogen) atoms. The molecule has 3 unspecified atom stereocenters. The minimum absolute atomic E-state index is 0. The van der Waals surface area contributed by atoms with Crippen molar-refractivity contribution in [3.05, 3.63) is 24.3 Å². The summed E-state index contributed by atoms with van der Waals surface area (Å²) in [5, 5.41) is 2.57. The van der Waals surface area contributed by atoms with Gasteiger partial charge in [-0.25, -0.2) is 8.42 Å². The number of hydrogen-bond acceptors (Lipinski definition) is 5. The zero-order valence-corrected chi connectivity index (χ0v) is 18.0. The Morgan fingerprint density at radius 1 is 1.18 bits per heavy atom.